The van der Waals surface area contributed by atoms with Crippen molar-refractivity contribution in [3.8, 4) is 11.5 Å². The fraction of sp³-hybridized carbons (Fsp3) is 0.0909. The summed E-state index contributed by atoms with van der Waals surface area (Å²) >= 11 is 5.89. The normalized spacial score (nSPS) is 10.6. The first-order valence-corrected chi connectivity index (χ1v) is 9.22. The van der Waals surface area contributed by atoms with Gasteiger partial charge in [0.1, 0.15) is 6.61 Å². The lowest BCUT2D eigenvalue weighted by Gasteiger charge is -2.11. The Bertz CT molecular complexity index is 994. The van der Waals surface area contributed by atoms with Crippen molar-refractivity contribution in [2.45, 2.75) is 6.61 Å². The molecule has 0 aromatic heterocycles. The van der Waals surface area contributed by atoms with Gasteiger partial charge in [-0.05, 0) is 47.5 Å². The average molecular weight is 410 g/mol. The topological polar surface area (TPSA) is 72.0 Å². The van der Waals surface area contributed by atoms with Gasteiger partial charge in [0.25, 0.3) is 0 Å². The zero-order chi connectivity index (χ0) is 20.5. The molecule has 3 aromatic carbocycles. The molecule has 0 saturated carbocycles. The summed E-state index contributed by atoms with van der Waals surface area (Å²) in [6.07, 6.45) is 1.51. The Hall–Kier alpha value is -3.51. The van der Waals surface area contributed by atoms with Crippen molar-refractivity contribution in [1.29, 1.82) is 0 Å². The van der Waals surface area contributed by atoms with Crippen LogP contribution in [0.2, 0.25) is 5.02 Å². The van der Waals surface area contributed by atoms with Gasteiger partial charge in [0.15, 0.2) is 11.5 Å². The second kappa shape index (κ2) is 10.1. The summed E-state index contributed by atoms with van der Waals surface area (Å²) in [7, 11) is 1.57. The van der Waals surface area contributed by atoms with E-state index in [2.05, 4.69) is 15.8 Å². The van der Waals surface area contributed by atoms with Crippen molar-refractivity contribution in [3.63, 3.8) is 0 Å². The molecule has 0 spiro atoms. The Morgan fingerprint density at radius 1 is 1.03 bits per heavy atom. The van der Waals surface area contributed by atoms with Crippen LogP contribution >= 0.6 is 11.6 Å². The van der Waals surface area contributed by atoms with E-state index < -0.39 is 6.03 Å². The van der Waals surface area contributed by atoms with E-state index in [-0.39, 0.29) is 0 Å². The van der Waals surface area contributed by atoms with Gasteiger partial charge in [-0.3, -0.25) is 0 Å². The van der Waals surface area contributed by atoms with Crippen molar-refractivity contribution < 1.29 is 14.3 Å². The molecule has 29 heavy (non-hydrogen) atoms. The minimum atomic E-state index is -0.474. The zero-order valence-corrected chi connectivity index (χ0v) is 16.5. The third-order valence-electron chi connectivity index (χ3n) is 3.89. The first kappa shape index (κ1) is 20.2. The van der Waals surface area contributed by atoms with Crippen LogP contribution in [0.5, 0.6) is 11.5 Å². The number of benzene rings is 3. The van der Waals surface area contributed by atoms with Crippen molar-refractivity contribution in [3.05, 3.63) is 88.9 Å². The van der Waals surface area contributed by atoms with Gasteiger partial charge in [-0.2, -0.15) is 5.10 Å². The third-order valence-corrected chi connectivity index (χ3v) is 4.12. The summed E-state index contributed by atoms with van der Waals surface area (Å²) in [5.41, 5.74) is 4.79. The number of nitrogens with one attached hydrogen (secondary N) is 2. The molecule has 2 amide bonds. The predicted molar refractivity (Wildman–Crippen MR) is 115 cm³/mol. The van der Waals surface area contributed by atoms with Crippen molar-refractivity contribution in [1.82, 2.24) is 5.43 Å². The van der Waals surface area contributed by atoms with Gasteiger partial charge in [0.2, 0.25) is 0 Å². The molecule has 0 aliphatic heterocycles. The number of carbonyl (C=O) groups is 1. The van der Waals surface area contributed by atoms with Gasteiger partial charge in [-0.15, -0.1) is 0 Å². The van der Waals surface area contributed by atoms with Crippen LogP contribution in [0.1, 0.15) is 11.1 Å². The van der Waals surface area contributed by atoms with Crippen molar-refractivity contribution >= 4 is 29.5 Å². The van der Waals surface area contributed by atoms with E-state index in [1.165, 1.54) is 6.21 Å². The van der Waals surface area contributed by atoms with Crippen LogP contribution in [0.25, 0.3) is 0 Å². The van der Waals surface area contributed by atoms with E-state index in [4.69, 9.17) is 21.1 Å². The van der Waals surface area contributed by atoms with E-state index >= 15 is 0 Å². The van der Waals surface area contributed by atoms with Crippen LogP contribution in [0.15, 0.2) is 77.9 Å². The smallest absolute Gasteiger partial charge is 0.339 e. The fourth-order valence-corrected chi connectivity index (χ4v) is 2.70. The number of hydrazone groups is 1. The van der Waals surface area contributed by atoms with Crippen LogP contribution in [0.4, 0.5) is 10.5 Å². The minimum Gasteiger partial charge on any atom is -0.493 e. The molecule has 0 atom stereocenters. The molecule has 0 aliphatic carbocycles. The summed E-state index contributed by atoms with van der Waals surface area (Å²) in [5.74, 6) is 1.20. The number of ether oxygens (including phenoxy) is 2. The number of amides is 2. The maximum Gasteiger partial charge on any atom is 0.339 e. The molecule has 7 heteroatoms. The molecule has 0 aliphatic rings. The molecule has 0 unspecified atom stereocenters. The quantitative estimate of drug-likeness (QED) is 0.422. The van der Waals surface area contributed by atoms with Crippen LogP contribution in [0.3, 0.4) is 0 Å². The molecule has 3 rings (SSSR count). The lowest BCUT2D eigenvalue weighted by atomic mass is 10.2. The highest BCUT2D eigenvalue weighted by atomic mass is 35.5. The SMILES string of the molecule is COc1cc(/C=N\NC(=O)Nc2cccc(Cl)c2)ccc1OCc1ccccc1. The number of carbonyl (C=O) groups excluding carboxylic acids is 1. The molecule has 148 valence electrons. The third kappa shape index (κ3) is 6.26. The highest BCUT2D eigenvalue weighted by Gasteiger charge is 2.06. The van der Waals surface area contributed by atoms with E-state index in [0.29, 0.717) is 28.8 Å². The molecule has 0 radical (unpaired) electrons. The summed E-state index contributed by atoms with van der Waals surface area (Å²) in [4.78, 5) is 11.9. The standard InChI is InChI=1S/C22H20ClN3O3/c1-28-21-12-17(10-11-20(21)29-15-16-6-3-2-4-7-16)14-24-26-22(27)25-19-9-5-8-18(23)13-19/h2-14H,15H2,1H3,(H2,25,26,27)/b24-14-. The Labute approximate surface area is 174 Å². The van der Waals surface area contributed by atoms with E-state index in [0.717, 1.165) is 11.1 Å². The van der Waals surface area contributed by atoms with Gasteiger partial charge in [-0.1, -0.05) is 48.0 Å². The maximum absolute atomic E-state index is 11.9. The van der Waals surface area contributed by atoms with Gasteiger partial charge in [0, 0.05) is 10.7 Å². The monoisotopic (exact) mass is 409 g/mol. The van der Waals surface area contributed by atoms with Crippen molar-refractivity contribution in [2.75, 3.05) is 12.4 Å². The molecule has 0 fully saturated rings. The number of rotatable bonds is 7. The number of anilines is 1. The Balaban J connectivity index is 1.57. The van der Waals surface area contributed by atoms with Crippen LogP contribution in [-0.4, -0.2) is 19.4 Å². The summed E-state index contributed by atoms with van der Waals surface area (Å²) in [5, 5.41) is 7.12. The number of hydrogen-bond acceptors (Lipinski definition) is 4. The minimum absolute atomic E-state index is 0.440. The predicted octanol–water partition coefficient (Wildman–Crippen LogP) is 5.08. The largest absolute Gasteiger partial charge is 0.493 e. The van der Waals surface area contributed by atoms with Gasteiger partial charge < -0.3 is 14.8 Å². The zero-order valence-electron chi connectivity index (χ0n) is 15.8. The highest BCUT2D eigenvalue weighted by Crippen LogP contribution is 2.28. The number of halogens is 1. The Morgan fingerprint density at radius 3 is 2.62 bits per heavy atom. The second-order valence-electron chi connectivity index (χ2n) is 6.02. The molecule has 0 bridgehead atoms. The number of nitrogens with zero attached hydrogens (tertiary/aromatic N) is 1. The van der Waals surface area contributed by atoms with Gasteiger partial charge in [-0.25, -0.2) is 10.2 Å². The summed E-state index contributed by atoms with van der Waals surface area (Å²) < 4.78 is 11.2. The molecule has 2 N–H and O–H groups in total. The lowest BCUT2D eigenvalue weighted by Crippen LogP contribution is -2.24. The number of methoxy groups -OCH3 is 1. The Morgan fingerprint density at radius 2 is 1.86 bits per heavy atom. The van der Waals surface area contributed by atoms with E-state index in [1.807, 2.05) is 36.4 Å². The average Bonchev–Trinajstić information content (AvgIpc) is 2.73. The molecule has 0 saturated heterocycles. The molecule has 0 heterocycles. The van der Waals surface area contributed by atoms with Gasteiger partial charge >= 0.3 is 6.03 Å². The number of hydrogen-bond donors (Lipinski definition) is 2. The highest BCUT2D eigenvalue weighted by molar-refractivity contribution is 6.30. The van der Waals surface area contributed by atoms with Crippen LogP contribution in [-0.2, 0) is 6.61 Å². The summed E-state index contributed by atoms with van der Waals surface area (Å²) in [6, 6.07) is 21.6. The molecular formula is C22H20ClN3O3. The summed E-state index contributed by atoms with van der Waals surface area (Å²) in [6.45, 7) is 0.440. The van der Waals surface area contributed by atoms with E-state index in [9.17, 15) is 4.79 Å². The van der Waals surface area contributed by atoms with Crippen LogP contribution < -0.4 is 20.2 Å². The maximum atomic E-state index is 11.9. The van der Waals surface area contributed by atoms with Crippen molar-refractivity contribution in [2.24, 2.45) is 5.10 Å². The van der Waals surface area contributed by atoms with E-state index in [1.54, 1.807) is 43.5 Å². The first-order valence-electron chi connectivity index (χ1n) is 8.84. The fourth-order valence-electron chi connectivity index (χ4n) is 2.51. The second-order valence-corrected chi connectivity index (χ2v) is 6.46. The number of urea groups is 1. The lowest BCUT2D eigenvalue weighted by molar-refractivity contribution is 0.252. The first-order chi connectivity index (χ1) is 14.1. The molecular weight excluding hydrogens is 390 g/mol. The van der Waals surface area contributed by atoms with Gasteiger partial charge in [0.05, 0.1) is 13.3 Å². The molecule has 6 nitrogen and oxygen atoms in total. The molecule has 3 aromatic rings. The van der Waals surface area contributed by atoms with Crippen LogP contribution in [0, 0.1) is 0 Å². The Kier molecular flexibility index (Phi) is 7.08.